The molecule has 3 heteroatoms. The molecular formula is C12H17GeS2. The first kappa shape index (κ1) is 13.3. The van der Waals surface area contributed by atoms with Crippen LogP contribution in [-0.4, -0.2) is 17.4 Å². The molecule has 0 heterocycles. The predicted molar refractivity (Wildman–Crippen MR) is 77.4 cm³/mol. The minimum atomic E-state index is -0.922. The molecule has 0 nitrogen and oxygen atoms in total. The van der Waals surface area contributed by atoms with Crippen LogP contribution in [0, 0.1) is 20.8 Å². The Hall–Kier alpha value is 0.203. The second-order valence-corrected chi connectivity index (χ2v) is 14.7. The van der Waals surface area contributed by atoms with Gasteiger partial charge < -0.3 is 0 Å². The van der Waals surface area contributed by atoms with Gasteiger partial charge in [0.15, 0.2) is 0 Å². The fourth-order valence-electron chi connectivity index (χ4n) is 1.74. The Morgan fingerprint density at radius 2 is 1.60 bits per heavy atom. The number of hydrogen-bond donors (Lipinski definition) is 0. The predicted octanol–water partition coefficient (Wildman–Crippen LogP) is 4.27. The topological polar surface area (TPSA) is 0 Å². The van der Waals surface area contributed by atoms with Gasteiger partial charge in [-0.2, -0.15) is 0 Å². The molecule has 81 valence electrons. The van der Waals surface area contributed by atoms with E-state index in [4.69, 9.17) is 12.2 Å². The van der Waals surface area contributed by atoms with Crippen molar-refractivity contribution in [2.75, 3.05) is 0 Å². The molecule has 0 fully saturated rings. The molecule has 0 spiro atoms. The summed E-state index contributed by atoms with van der Waals surface area (Å²) in [5, 5.41) is 0. The molecule has 15 heavy (non-hydrogen) atoms. The molecule has 0 saturated heterocycles. The van der Waals surface area contributed by atoms with Crippen LogP contribution in [0.4, 0.5) is 0 Å². The van der Waals surface area contributed by atoms with Gasteiger partial charge in [-0.3, -0.25) is 0 Å². The van der Waals surface area contributed by atoms with Gasteiger partial charge in [-0.1, -0.05) is 0 Å². The Morgan fingerprint density at radius 1 is 1.13 bits per heavy atom. The Bertz CT molecular complexity index is 360. The van der Waals surface area contributed by atoms with Gasteiger partial charge in [-0.15, -0.1) is 0 Å². The van der Waals surface area contributed by atoms with E-state index in [1.165, 1.54) is 22.3 Å². The van der Waals surface area contributed by atoms with Gasteiger partial charge in [-0.25, -0.2) is 0 Å². The van der Waals surface area contributed by atoms with Crippen LogP contribution >= 0.6 is 22.3 Å². The van der Waals surface area contributed by atoms with Crippen molar-refractivity contribution >= 4 is 39.7 Å². The van der Waals surface area contributed by atoms with E-state index in [1.54, 1.807) is 0 Å². The van der Waals surface area contributed by atoms with Gasteiger partial charge in [0.1, 0.15) is 0 Å². The van der Waals surface area contributed by atoms with Gasteiger partial charge in [0.2, 0.25) is 0 Å². The van der Waals surface area contributed by atoms with Crippen molar-refractivity contribution in [3.63, 3.8) is 0 Å². The summed E-state index contributed by atoms with van der Waals surface area (Å²) < 4.78 is 1.10. The zero-order chi connectivity index (χ0) is 11.6. The second-order valence-electron chi connectivity index (χ2n) is 4.07. The normalized spacial score (nSPS) is 10.8. The van der Waals surface area contributed by atoms with E-state index in [-0.39, 0.29) is 0 Å². The number of benzene rings is 1. The molecule has 0 atom stereocenters. The van der Waals surface area contributed by atoms with Gasteiger partial charge in [0, 0.05) is 0 Å². The molecule has 0 amide bonds. The quantitative estimate of drug-likeness (QED) is 0.590. The first-order valence-electron chi connectivity index (χ1n) is 5.02. The molecule has 0 aromatic heterocycles. The number of aryl methyl sites for hydroxylation is 3. The van der Waals surface area contributed by atoms with E-state index in [9.17, 15) is 0 Å². The summed E-state index contributed by atoms with van der Waals surface area (Å²) >= 11 is 4.60. The van der Waals surface area contributed by atoms with Crippen molar-refractivity contribution in [1.82, 2.24) is 0 Å². The van der Waals surface area contributed by atoms with Crippen LogP contribution in [0.3, 0.4) is 0 Å². The summed E-state index contributed by atoms with van der Waals surface area (Å²) in [5.74, 6) is 4.69. The van der Waals surface area contributed by atoms with Crippen molar-refractivity contribution in [3.8, 4) is 0 Å². The van der Waals surface area contributed by atoms with Crippen LogP contribution in [-0.2, 0) is 0 Å². The fraction of sp³-hybridized carbons (Fsp3) is 0.417. The van der Waals surface area contributed by atoms with Gasteiger partial charge in [0.25, 0.3) is 0 Å². The molecule has 0 unspecified atom stereocenters. The molecule has 0 aliphatic heterocycles. The molecule has 0 aliphatic rings. The molecule has 1 aromatic carbocycles. The van der Waals surface area contributed by atoms with Gasteiger partial charge >= 0.3 is 106 Å². The van der Waals surface area contributed by atoms with Crippen LogP contribution < -0.4 is 0 Å². The molecule has 1 rings (SSSR count). The molecular weight excluding hydrogens is 281 g/mol. The van der Waals surface area contributed by atoms with Crippen molar-refractivity contribution in [2.45, 2.75) is 32.3 Å². The number of hydrogen-bond acceptors (Lipinski definition) is 2. The molecule has 1 radical (unpaired) electrons. The zero-order valence-electron chi connectivity index (χ0n) is 9.97. The minimum absolute atomic E-state index is 0.922. The maximum absolute atomic E-state index is 5.52. The van der Waals surface area contributed by atoms with Crippen molar-refractivity contribution in [3.05, 3.63) is 34.4 Å². The van der Waals surface area contributed by atoms with Crippen molar-refractivity contribution < 1.29 is 0 Å². The fourth-order valence-corrected chi connectivity index (χ4v) is 8.43. The summed E-state index contributed by atoms with van der Waals surface area (Å²) in [6.45, 7) is 6.46. The van der Waals surface area contributed by atoms with Gasteiger partial charge in [0.05, 0.1) is 0 Å². The third-order valence-corrected chi connectivity index (χ3v) is 8.22. The Labute approximate surface area is 106 Å². The molecule has 0 bridgehead atoms. The van der Waals surface area contributed by atoms with Crippen molar-refractivity contribution in [1.29, 1.82) is 0 Å². The first-order chi connectivity index (χ1) is 6.91. The SMILES string of the molecule is Cc1cc(C)c(C(=S)[S][Ge]([CH3])[CH3])c(C)c1. The molecule has 0 N–H and O–H groups in total. The Kier molecular flexibility index (Phi) is 4.87. The summed E-state index contributed by atoms with van der Waals surface area (Å²) in [6.07, 6.45) is 0. The Morgan fingerprint density at radius 3 is 2.00 bits per heavy atom. The van der Waals surface area contributed by atoms with Gasteiger partial charge in [-0.05, 0) is 0 Å². The summed E-state index contributed by atoms with van der Waals surface area (Å²) in [5.41, 5.74) is 5.27. The summed E-state index contributed by atoms with van der Waals surface area (Å²) in [4.78, 5) is 0. The maximum atomic E-state index is 5.52. The second kappa shape index (κ2) is 5.51. The summed E-state index contributed by atoms with van der Waals surface area (Å²) in [6, 6.07) is 4.44. The molecule has 0 saturated carbocycles. The molecule has 0 aliphatic carbocycles. The van der Waals surface area contributed by atoms with E-state index >= 15 is 0 Å². The average Bonchev–Trinajstić information content (AvgIpc) is 1.99. The van der Waals surface area contributed by atoms with E-state index < -0.39 is 13.2 Å². The summed E-state index contributed by atoms with van der Waals surface area (Å²) in [7, 11) is 1.94. The third kappa shape index (κ3) is 3.61. The Balaban J connectivity index is 3.09. The van der Waals surface area contributed by atoms with Crippen LogP contribution in [0.15, 0.2) is 12.1 Å². The van der Waals surface area contributed by atoms with Crippen LogP contribution in [0.25, 0.3) is 0 Å². The van der Waals surface area contributed by atoms with Crippen molar-refractivity contribution in [2.24, 2.45) is 0 Å². The number of rotatable bonds is 2. The first-order valence-corrected chi connectivity index (χ1v) is 13.0. The average molecular weight is 298 g/mol. The van der Waals surface area contributed by atoms with E-state index in [1.807, 2.05) is 10.1 Å². The molecule has 1 aromatic rings. The third-order valence-electron chi connectivity index (χ3n) is 2.18. The zero-order valence-corrected chi connectivity index (χ0v) is 13.7. The van der Waals surface area contributed by atoms with Crippen LogP contribution in [0.1, 0.15) is 22.3 Å². The number of thiocarbonyl (C=S) groups is 1. The van der Waals surface area contributed by atoms with Crippen LogP contribution in [0.2, 0.25) is 11.5 Å². The van der Waals surface area contributed by atoms with Crippen LogP contribution in [0.5, 0.6) is 0 Å². The van der Waals surface area contributed by atoms with E-state index in [0.29, 0.717) is 0 Å². The van der Waals surface area contributed by atoms with E-state index in [0.717, 1.165) is 4.20 Å². The standard InChI is InChI=1S/C12H17GeS2/c1-8-6-9(2)11(10(3)7-8)12(14)15-13(4)5/h6-7H,1-5H3. The monoisotopic (exact) mass is 299 g/mol. The van der Waals surface area contributed by atoms with E-state index in [2.05, 4.69) is 44.4 Å².